The van der Waals surface area contributed by atoms with Crippen molar-refractivity contribution in [3.63, 3.8) is 0 Å². The van der Waals surface area contributed by atoms with Gasteiger partial charge in [0.2, 0.25) is 19.2 Å². The van der Waals surface area contributed by atoms with Gasteiger partial charge >= 0.3 is 6.18 Å². The molecule has 0 bridgehead atoms. The lowest BCUT2D eigenvalue weighted by Crippen LogP contribution is -2.37. The summed E-state index contributed by atoms with van der Waals surface area (Å²) < 4.78 is 62.7. The van der Waals surface area contributed by atoms with Gasteiger partial charge in [-0.1, -0.05) is 11.6 Å². The average molecular weight is 464 g/mol. The van der Waals surface area contributed by atoms with Gasteiger partial charge in [-0.2, -0.15) is 18.2 Å². The second-order valence-corrected chi connectivity index (χ2v) is 6.82. The molecule has 13 heteroatoms. The van der Waals surface area contributed by atoms with E-state index in [0.29, 0.717) is 24.7 Å². The minimum Gasteiger partial charge on any atom is -0.462 e. The molecule has 1 unspecified atom stereocenters. The summed E-state index contributed by atoms with van der Waals surface area (Å²) in [5.74, 6) is -0.505. The number of anilines is 3. The van der Waals surface area contributed by atoms with E-state index in [9.17, 15) is 22.4 Å². The fraction of sp³-hybridized carbons (Fsp3) is 0.389. The van der Waals surface area contributed by atoms with Crippen LogP contribution in [0.4, 0.5) is 35.0 Å². The second-order valence-electron chi connectivity index (χ2n) is 6.41. The zero-order chi connectivity index (χ0) is 22.6. The smallest absolute Gasteiger partial charge is 0.421 e. The van der Waals surface area contributed by atoms with Gasteiger partial charge in [-0.3, -0.25) is 4.79 Å². The number of benzene rings is 1. The molecule has 3 rings (SSSR count). The minimum absolute atomic E-state index is 0.0906. The van der Waals surface area contributed by atoms with E-state index in [4.69, 9.17) is 21.1 Å². The molecule has 0 radical (unpaired) electrons. The third-order valence-electron chi connectivity index (χ3n) is 4.48. The number of aromatic nitrogens is 2. The van der Waals surface area contributed by atoms with Crippen LogP contribution in [0.2, 0.25) is 5.02 Å². The molecule has 1 aromatic carbocycles. The Bertz CT molecular complexity index is 947. The molecule has 168 valence electrons. The van der Waals surface area contributed by atoms with Crippen LogP contribution in [-0.2, 0) is 15.7 Å². The van der Waals surface area contributed by atoms with Gasteiger partial charge in [-0.05, 0) is 6.07 Å². The van der Waals surface area contributed by atoms with Crippen molar-refractivity contribution in [2.45, 2.75) is 12.3 Å². The lowest BCUT2D eigenvalue weighted by molar-refractivity contribution is -0.137. The molecule has 1 fully saturated rings. The number of amides is 1. The van der Waals surface area contributed by atoms with Gasteiger partial charge in [0.05, 0.1) is 23.9 Å². The Kier molecular flexibility index (Phi) is 7.01. The monoisotopic (exact) mass is 463 g/mol. The van der Waals surface area contributed by atoms with E-state index in [1.54, 1.807) is 0 Å². The number of halogens is 5. The molecule has 1 atom stereocenters. The van der Waals surface area contributed by atoms with Crippen LogP contribution in [0.5, 0.6) is 5.75 Å². The summed E-state index contributed by atoms with van der Waals surface area (Å²) in [6, 6.07) is 2.83. The summed E-state index contributed by atoms with van der Waals surface area (Å²) in [6.45, 7) is -0.213. The molecule has 0 spiro atoms. The zero-order valence-electron chi connectivity index (χ0n) is 16.2. The number of rotatable bonds is 7. The predicted molar refractivity (Wildman–Crippen MR) is 104 cm³/mol. The molecule has 1 aliphatic rings. The number of hydrogen-bond acceptors (Lipinski definition) is 7. The highest BCUT2D eigenvalue weighted by Crippen LogP contribution is 2.39. The van der Waals surface area contributed by atoms with E-state index >= 15 is 0 Å². The van der Waals surface area contributed by atoms with Crippen LogP contribution in [0.25, 0.3) is 0 Å². The highest BCUT2D eigenvalue weighted by molar-refractivity contribution is 6.33. The maximum atomic E-state index is 13.0. The van der Waals surface area contributed by atoms with E-state index in [1.165, 1.54) is 24.1 Å². The van der Waals surface area contributed by atoms with Crippen LogP contribution in [-0.4, -0.2) is 54.9 Å². The van der Waals surface area contributed by atoms with Crippen molar-refractivity contribution < 1.29 is 31.8 Å². The Balaban J connectivity index is 1.92. The van der Waals surface area contributed by atoms with Crippen LogP contribution >= 0.6 is 11.6 Å². The summed E-state index contributed by atoms with van der Waals surface area (Å²) >= 11 is 6.32. The number of nitrogens with zero attached hydrogens (tertiary/aromatic N) is 3. The molecule has 8 nitrogen and oxygen atoms in total. The van der Waals surface area contributed by atoms with Crippen molar-refractivity contribution in [3.8, 4) is 5.75 Å². The van der Waals surface area contributed by atoms with Crippen molar-refractivity contribution in [2.24, 2.45) is 0 Å². The normalized spacial score (nSPS) is 16.7. The number of ether oxygens (including phenoxy) is 2. The lowest BCUT2D eigenvalue weighted by Gasteiger charge is -2.31. The first-order valence-electron chi connectivity index (χ1n) is 8.99. The summed E-state index contributed by atoms with van der Waals surface area (Å²) in [5.41, 5.74) is -0.430. The average Bonchev–Trinajstić information content (AvgIpc) is 2.75. The van der Waals surface area contributed by atoms with Crippen molar-refractivity contribution in [2.75, 3.05) is 44.2 Å². The number of carbonyl (C=O) groups excluding carboxylic acids is 1. The third kappa shape index (κ3) is 5.25. The van der Waals surface area contributed by atoms with Crippen LogP contribution in [0, 0.1) is 0 Å². The Morgan fingerprint density at radius 3 is 2.84 bits per heavy atom. The quantitative estimate of drug-likeness (QED) is 0.477. The first kappa shape index (κ1) is 22.8. The third-order valence-corrected chi connectivity index (χ3v) is 4.79. The van der Waals surface area contributed by atoms with Crippen LogP contribution in [0.3, 0.4) is 0 Å². The van der Waals surface area contributed by atoms with Gasteiger partial charge < -0.3 is 25.0 Å². The topological polar surface area (TPSA) is 88.6 Å². The number of morpholine rings is 1. The van der Waals surface area contributed by atoms with Gasteiger partial charge in [0, 0.05) is 31.4 Å². The van der Waals surface area contributed by atoms with E-state index < -0.39 is 30.5 Å². The van der Waals surface area contributed by atoms with Gasteiger partial charge in [0.25, 0.3) is 0 Å². The first-order valence-corrected chi connectivity index (χ1v) is 9.36. The van der Waals surface area contributed by atoms with E-state index in [0.717, 1.165) is 0 Å². The van der Waals surface area contributed by atoms with Crippen LogP contribution in [0.15, 0.2) is 18.3 Å². The fourth-order valence-electron chi connectivity index (χ4n) is 3.01. The van der Waals surface area contributed by atoms with E-state index in [-0.39, 0.29) is 35.6 Å². The zero-order valence-corrected chi connectivity index (χ0v) is 16.9. The molecular formula is C18H18ClF4N5O3. The maximum Gasteiger partial charge on any atom is 0.421 e. The fourth-order valence-corrected chi connectivity index (χ4v) is 3.23. The van der Waals surface area contributed by atoms with Crippen molar-refractivity contribution >= 4 is 35.5 Å². The van der Waals surface area contributed by atoms with Crippen molar-refractivity contribution in [1.29, 1.82) is 0 Å². The minimum atomic E-state index is -4.63. The van der Waals surface area contributed by atoms with Crippen molar-refractivity contribution in [3.05, 3.63) is 34.5 Å². The highest BCUT2D eigenvalue weighted by atomic mass is 35.5. The summed E-state index contributed by atoms with van der Waals surface area (Å²) in [7, 11) is 1.29. The maximum absolute atomic E-state index is 13.0. The Morgan fingerprint density at radius 1 is 1.42 bits per heavy atom. The Labute approximate surface area is 179 Å². The van der Waals surface area contributed by atoms with Gasteiger partial charge in [-0.25, -0.2) is 9.37 Å². The standard InChI is InChI=1S/C18H18ClF4N5O3/c1-24-16-11(18(21,22)23)6-25-17(27-16)26-13-5-14(31-8-20)10(4-12(13)19)15-7-28(9-29)2-3-30-15/h4-6,9,15H,2-3,7-8H2,1H3,(H2,24,25,26,27). The SMILES string of the molecule is CNc1nc(Nc2cc(OCF)c(C3CN(C=O)CCO3)cc2Cl)ncc1C(F)(F)F. The summed E-state index contributed by atoms with van der Waals surface area (Å²) in [4.78, 5) is 20.0. The largest absolute Gasteiger partial charge is 0.462 e. The number of carbonyl (C=O) groups is 1. The predicted octanol–water partition coefficient (Wildman–Crippen LogP) is 3.77. The number of nitrogens with one attached hydrogen (secondary N) is 2. The summed E-state index contributed by atoms with van der Waals surface area (Å²) in [6.07, 6.45) is -3.91. The molecule has 0 saturated carbocycles. The van der Waals surface area contributed by atoms with Gasteiger partial charge in [0.15, 0.2) is 0 Å². The number of alkyl halides is 4. The molecule has 2 N–H and O–H groups in total. The van der Waals surface area contributed by atoms with Gasteiger partial charge in [0.1, 0.15) is 23.2 Å². The molecule has 2 heterocycles. The molecule has 0 aliphatic carbocycles. The van der Waals surface area contributed by atoms with Crippen molar-refractivity contribution in [1.82, 2.24) is 14.9 Å². The number of hydrogen-bond donors (Lipinski definition) is 2. The summed E-state index contributed by atoms with van der Waals surface area (Å²) in [5, 5.41) is 5.21. The first-order chi connectivity index (χ1) is 14.8. The molecule has 31 heavy (non-hydrogen) atoms. The van der Waals surface area contributed by atoms with E-state index in [1.807, 2.05) is 0 Å². The Hall–Kier alpha value is -2.86. The molecule has 1 aliphatic heterocycles. The van der Waals surface area contributed by atoms with Crippen LogP contribution < -0.4 is 15.4 Å². The Morgan fingerprint density at radius 2 is 2.19 bits per heavy atom. The highest BCUT2D eigenvalue weighted by Gasteiger charge is 2.35. The van der Waals surface area contributed by atoms with Gasteiger partial charge in [-0.15, -0.1) is 0 Å². The van der Waals surface area contributed by atoms with Crippen LogP contribution in [0.1, 0.15) is 17.2 Å². The van der Waals surface area contributed by atoms with E-state index in [2.05, 4.69) is 20.6 Å². The molecule has 2 aromatic rings. The lowest BCUT2D eigenvalue weighted by atomic mass is 10.1. The molecule has 1 aromatic heterocycles. The second kappa shape index (κ2) is 9.52. The molecule has 1 saturated heterocycles. The molecule has 1 amide bonds. The molecular weight excluding hydrogens is 446 g/mol.